The summed E-state index contributed by atoms with van der Waals surface area (Å²) in [6, 6.07) is 0. The smallest absolute Gasteiger partial charge is 0.310 e. The number of ether oxygens (including phenoxy) is 1. The van der Waals surface area contributed by atoms with E-state index in [-0.39, 0.29) is 17.8 Å². The lowest BCUT2D eigenvalue weighted by atomic mass is 9.97. The van der Waals surface area contributed by atoms with E-state index >= 15 is 0 Å². The van der Waals surface area contributed by atoms with Crippen LogP contribution in [0.2, 0.25) is 0 Å². The summed E-state index contributed by atoms with van der Waals surface area (Å²) in [6.07, 6.45) is 1.47. The van der Waals surface area contributed by atoms with Gasteiger partial charge in [-0.25, -0.2) is 0 Å². The van der Waals surface area contributed by atoms with E-state index in [1.807, 2.05) is 0 Å². The molecule has 1 N–H and O–H groups in total. The molecule has 21 heavy (non-hydrogen) atoms. The summed E-state index contributed by atoms with van der Waals surface area (Å²) >= 11 is 0. The number of nitrogens with zero attached hydrogens (tertiary/aromatic N) is 1. The lowest BCUT2D eigenvalue weighted by Gasteiger charge is -2.32. The molecule has 118 valence electrons. The van der Waals surface area contributed by atoms with E-state index in [0.29, 0.717) is 19.7 Å². The zero-order valence-electron chi connectivity index (χ0n) is 12.8. The minimum Gasteiger partial charge on any atom is -0.481 e. The average Bonchev–Trinajstić information content (AvgIpc) is 3.01. The first kappa shape index (κ1) is 15.8. The van der Waals surface area contributed by atoms with Gasteiger partial charge in [-0.05, 0) is 25.2 Å². The molecule has 1 aliphatic carbocycles. The lowest BCUT2D eigenvalue weighted by Crippen LogP contribution is -2.44. The predicted octanol–water partition coefficient (Wildman–Crippen LogP) is 1.14. The van der Waals surface area contributed by atoms with Crippen molar-refractivity contribution >= 4 is 17.8 Å². The summed E-state index contributed by atoms with van der Waals surface area (Å²) in [5.74, 6) is -2.70. The standard InChI is InChI=1S/C15H23NO5/c1-4-21-14(20)9-6-5-7-16(8-9)12(17)10-11(13(18)19)15(10,2)3/h9-11H,4-8H2,1-3H3,(H,18,19). The predicted molar refractivity (Wildman–Crippen MR) is 74.3 cm³/mol. The first-order valence-corrected chi connectivity index (χ1v) is 7.49. The topological polar surface area (TPSA) is 83.9 Å². The number of carbonyl (C=O) groups is 3. The molecule has 0 radical (unpaired) electrons. The van der Waals surface area contributed by atoms with E-state index in [9.17, 15) is 19.5 Å². The van der Waals surface area contributed by atoms with Crippen LogP contribution in [0.3, 0.4) is 0 Å². The number of carboxylic acids is 1. The van der Waals surface area contributed by atoms with Crippen LogP contribution in [0.1, 0.15) is 33.6 Å². The number of likely N-dealkylation sites (tertiary alicyclic amines) is 1. The Bertz CT molecular complexity index is 459. The third kappa shape index (κ3) is 2.89. The molecule has 6 heteroatoms. The maximum atomic E-state index is 12.5. The fourth-order valence-corrected chi connectivity index (χ4v) is 3.39. The highest BCUT2D eigenvalue weighted by molar-refractivity contribution is 5.92. The molecule has 3 atom stereocenters. The third-order valence-electron chi connectivity index (χ3n) is 4.71. The molecule has 2 aliphatic rings. The van der Waals surface area contributed by atoms with Gasteiger partial charge in [-0.3, -0.25) is 14.4 Å². The van der Waals surface area contributed by atoms with Crippen molar-refractivity contribution in [1.82, 2.24) is 4.90 Å². The summed E-state index contributed by atoms with van der Waals surface area (Å²) in [5.41, 5.74) is -0.500. The number of rotatable bonds is 4. The Labute approximate surface area is 124 Å². The van der Waals surface area contributed by atoms with Crippen LogP contribution in [0, 0.1) is 23.2 Å². The maximum Gasteiger partial charge on any atom is 0.310 e. The second kappa shape index (κ2) is 5.66. The number of carbonyl (C=O) groups excluding carboxylic acids is 2. The second-order valence-electron chi connectivity index (χ2n) is 6.49. The van der Waals surface area contributed by atoms with Crippen molar-refractivity contribution in [3.05, 3.63) is 0 Å². The fraction of sp³-hybridized carbons (Fsp3) is 0.800. The molecule has 0 aromatic heterocycles. The van der Waals surface area contributed by atoms with Crippen molar-refractivity contribution in [3.8, 4) is 0 Å². The van der Waals surface area contributed by atoms with Gasteiger partial charge in [-0.15, -0.1) is 0 Å². The highest BCUT2D eigenvalue weighted by atomic mass is 16.5. The zero-order valence-corrected chi connectivity index (χ0v) is 12.8. The summed E-state index contributed by atoms with van der Waals surface area (Å²) in [5, 5.41) is 9.17. The Morgan fingerprint density at radius 2 is 1.95 bits per heavy atom. The van der Waals surface area contributed by atoms with Gasteiger partial charge in [0, 0.05) is 13.1 Å². The summed E-state index contributed by atoms with van der Waals surface area (Å²) in [4.78, 5) is 37.2. The zero-order chi connectivity index (χ0) is 15.8. The average molecular weight is 297 g/mol. The van der Waals surface area contributed by atoms with E-state index in [2.05, 4.69) is 0 Å². The molecule has 0 aromatic carbocycles. The van der Waals surface area contributed by atoms with Gasteiger partial charge in [-0.1, -0.05) is 13.8 Å². The first-order valence-electron chi connectivity index (χ1n) is 7.49. The number of amides is 1. The van der Waals surface area contributed by atoms with Gasteiger partial charge in [-0.2, -0.15) is 0 Å². The van der Waals surface area contributed by atoms with Crippen LogP contribution >= 0.6 is 0 Å². The third-order valence-corrected chi connectivity index (χ3v) is 4.71. The second-order valence-corrected chi connectivity index (χ2v) is 6.49. The Morgan fingerprint density at radius 3 is 2.48 bits per heavy atom. The van der Waals surface area contributed by atoms with Crippen molar-refractivity contribution < 1.29 is 24.2 Å². The molecule has 0 spiro atoms. The monoisotopic (exact) mass is 297 g/mol. The quantitative estimate of drug-likeness (QED) is 0.787. The SMILES string of the molecule is CCOC(=O)C1CCCN(C(=O)C2C(C(=O)O)C2(C)C)C1. The Balaban J connectivity index is 2.00. The highest BCUT2D eigenvalue weighted by Crippen LogP contribution is 2.59. The van der Waals surface area contributed by atoms with Crippen LogP contribution in [-0.4, -0.2) is 47.5 Å². The van der Waals surface area contributed by atoms with Crippen molar-refractivity contribution in [2.24, 2.45) is 23.2 Å². The minimum absolute atomic E-state index is 0.138. The normalized spacial score (nSPS) is 30.6. The summed E-state index contributed by atoms with van der Waals surface area (Å²) in [6.45, 7) is 6.64. The van der Waals surface area contributed by atoms with Gasteiger partial charge in [0.05, 0.1) is 24.4 Å². The molecule has 1 heterocycles. The number of esters is 1. The van der Waals surface area contributed by atoms with Crippen molar-refractivity contribution in [2.75, 3.05) is 19.7 Å². The van der Waals surface area contributed by atoms with Crippen LogP contribution in [0.25, 0.3) is 0 Å². The van der Waals surface area contributed by atoms with Crippen LogP contribution in [0.5, 0.6) is 0 Å². The van der Waals surface area contributed by atoms with Crippen LogP contribution < -0.4 is 0 Å². The number of hydrogen-bond donors (Lipinski definition) is 1. The van der Waals surface area contributed by atoms with Crippen LogP contribution in [0.4, 0.5) is 0 Å². The Kier molecular flexibility index (Phi) is 4.25. The molecule has 3 unspecified atom stereocenters. The van der Waals surface area contributed by atoms with Crippen molar-refractivity contribution in [3.63, 3.8) is 0 Å². The van der Waals surface area contributed by atoms with E-state index in [0.717, 1.165) is 12.8 Å². The van der Waals surface area contributed by atoms with E-state index in [1.165, 1.54) is 0 Å². The van der Waals surface area contributed by atoms with Crippen LogP contribution in [0.15, 0.2) is 0 Å². The molecule has 1 saturated heterocycles. The molecular weight excluding hydrogens is 274 g/mol. The van der Waals surface area contributed by atoms with E-state index in [1.54, 1.807) is 25.7 Å². The first-order chi connectivity index (χ1) is 9.80. The molecule has 6 nitrogen and oxygen atoms in total. The van der Waals surface area contributed by atoms with E-state index < -0.39 is 23.2 Å². The van der Waals surface area contributed by atoms with Gasteiger partial charge >= 0.3 is 11.9 Å². The minimum atomic E-state index is -0.919. The maximum absolute atomic E-state index is 12.5. The van der Waals surface area contributed by atoms with Gasteiger partial charge in [0.2, 0.25) is 5.91 Å². The molecular formula is C15H23NO5. The fourth-order valence-electron chi connectivity index (χ4n) is 3.39. The molecule has 2 rings (SSSR count). The number of hydrogen-bond acceptors (Lipinski definition) is 4. The number of piperidine rings is 1. The van der Waals surface area contributed by atoms with Gasteiger partial charge in [0.25, 0.3) is 0 Å². The lowest BCUT2D eigenvalue weighted by molar-refractivity contribution is -0.152. The van der Waals surface area contributed by atoms with Crippen molar-refractivity contribution in [2.45, 2.75) is 33.6 Å². The van der Waals surface area contributed by atoms with Gasteiger partial charge < -0.3 is 14.7 Å². The molecule has 0 bridgehead atoms. The van der Waals surface area contributed by atoms with Crippen LogP contribution in [-0.2, 0) is 19.1 Å². The van der Waals surface area contributed by atoms with Gasteiger partial charge in [0.1, 0.15) is 0 Å². The summed E-state index contributed by atoms with van der Waals surface area (Å²) < 4.78 is 5.01. The Morgan fingerprint density at radius 1 is 1.29 bits per heavy atom. The number of carboxylic acid groups (broad SMARTS) is 1. The molecule has 1 amide bonds. The van der Waals surface area contributed by atoms with Crippen molar-refractivity contribution in [1.29, 1.82) is 0 Å². The van der Waals surface area contributed by atoms with Gasteiger partial charge in [0.15, 0.2) is 0 Å². The molecule has 1 saturated carbocycles. The van der Waals surface area contributed by atoms with E-state index in [4.69, 9.17) is 4.74 Å². The molecule has 2 fully saturated rings. The molecule has 1 aliphatic heterocycles. The summed E-state index contributed by atoms with van der Waals surface area (Å²) in [7, 11) is 0. The highest BCUT2D eigenvalue weighted by Gasteiger charge is 2.66. The number of aliphatic carboxylic acids is 1. The molecule has 0 aromatic rings. The largest absolute Gasteiger partial charge is 0.481 e. The Hall–Kier alpha value is -1.59.